The molecule has 1 aromatic carbocycles. The lowest BCUT2D eigenvalue weighted by atomic mass is 9.52. The molecule has 5 aliphatic rings. The Kier molecular flexibility index (Phi) is 5.71. The van der Waals surface area contributed by atoms with Gasteiger partial charge in [0.2, 0.25) is 11.9 Å². The van der Waals surface area contributed by atoms with Crippen LogP contribution in [0.25, 0.3) is 0 Å². The van der Waals surface area contributed by atoms with E-state index >= 15 is 0 Å². The van der Waals surface area contributed by atoms with Gasteiger partial charge in [0.05, 0.1) is 22.9 Å². The molecule has 13 heteroatoms. The average Bonchev–Trinajstić information content (AvgIpc) is 3.52. The van der Waals surface area contributed by atoms with Crippen LogP contribution in [0.1, 0.15) is 27.7 Å². The minimum absolute atomic E-state index is 0.105. The smallest absolute Gasteiger partial charge is 0.357 e. The van der Waals surface area contributed by atoms with Gasteiger partial charge in [-0.15, -0.1) is 0 Å². The third-order valence-electron chi connectivity index (χ3n) is 9.73. The van der Waals surface area contributed by atoms with Crippen molar-refractivity contribution >= 4 is 35.9 Å². The molecular formula is C27H30O12S. The Morgan fingerprint density at radius 2 is 1.80 bits per heavy atom. The standard InChI is InChI=1S/C27H30O12S/c1-12-19(31)37-18-16(30)25-17-14(29)15(23(2,3)4)24(25,10-34-22(40)36-13-8-6-5-7-9-13)21(35-11-28)39-27(25,20(32)38-17)26(12,18)33/h5-9,11-12,14-18,21,29-30,33H,10H2,1-4H3/t12-,14-,15+,16+,17?,18?,21?,24?,25?,26-,27?/m1/s1. The van der Waals surface area contributed by atoms with E-state index in [0.29, 0.717) is 5.75 Å². The number of benzene rings is 1. The van der Waals surface area contributed by atoms with Crippen molar-refractivity contribution in [3.63, 3.8) is 0 Å². The summed E-state index contributed by atoms with van der Waals surface area (Å²) in [4.78, 5) is 38.3. The van der Waals surface area contributed by atoms with Crippen molar-refractivity contribution in [1.82, 2.24) is 0 Å². The molecule has 3 aliphatic heterocycles. The number of hydrogen-bond donors (Lipinski definition) is 3. The predicted molar refractivity (Wildman–Crippen MR) is 134 cm³/mol. The molecule has 40 heavy (non-hydrogen) atoms. The normalized spacial score (nSPS) is 46.2. The first-order valence-corrected chi connectivity index (χ1v) is 13.3. The summed E-state index contributed by atoms with van der Waals surface area (Å²) in [7, 11) is 0. The average molecular weight is 579 g/mol. The lowest BCUT2D eigenvalue weighted by molar-refractivity contribution is -0.252. The van der Waals surface area contributed by atoms with Gasteiger partial charge in [0, 0.05) is 18.1 Å². The second kappa shape index (κ2) is 8.35. The van der Waals surface area contributed by atoms with Gasteiger partial charge in [-0.2, -0.15) is 0 Å². The van der Waals surface area contributed by atoms with Crippen molar-refractivity contribution in [1.29, 1.82) is 0 Å². The number of esters is 2. The zero-order valence-electron chi connectivity index (χ0n) is 22.1. The van der Waals surface area contributed by atoms with Crippen molar-refractivity contribution in [2.45, 2.75) is 69.6 Å². The lowest BCUT2D eigenvalue weighted by Crippen LogP contribution is -2.66. The zero-order valence-corrected chi connectivity index (χ0v) is 23.0. The van der Waals surface area contributed by atoms with Crippen LogP contribution in [-0.4, -0.2) is 87.5 Å². The highest BCUT2D eigenvalue weighted by molar-refractivity contribution is 7.79. The first kappa shape index (κ1) is 27.3. The first-order chi connectivity index (χ1) is 18.8. The summed E-state index contributed by atoms with van der Waals surface area (Å²) >= 11 is 5.33. The Balaban J connectivity index is 1.56. The summed E-state index contributed by atoms with van der Waals surface area (Å²) in [6.07, 6.45) is -7.96. The molecule has 0 bridgehead atoms. The summed E-state index contributed by atoms with van der Waals surface area (Å²) in [5.41, 5.74) is -9.49. The fourth-order valence-corrected chi connectivity index (χ4v) is 8.82. The van der Waals surface area contributed by atoms with E-state index in [1.165, 1.54) is 6.92 Å². The van der Waals surface area contributed by atoms with Gasteiger partial charge in [-0.05, 0) is 24.5 Å². The molecular weight excluding hydrogens is 548 g/mol. The molecule has 3 saturated heterocycles. The van der Waals surface area contributed by atoms with Crippen LogP contribution >= 0.6 is 12.2 Å². The number of carbonyl (C=O) groups excluding carboxylic acids is 3. The summed E-state index contributed by atoms with van der Waals surface area (Å²) in [5.74, 6) is -3.89. The van der Waals surface area contributed by atoms with Gasteiger partial charge in [-0.1, -0.05) is 39.0 Å². The van der Waals surface area contributed by atoms with Crippen molar-refractivity contribution in [3.8, 4) is 5.75 Å². The van der Waals surface area contributed by atoms with Gasteiger partial charge in [0.25, 0.3) is 6.47 Å². The number of ether oxygens (including phenoxy) is 6. The second-order valence-corrected chi connectivity index (χ2v) is 12.6. The molecule has 12 nitrogen and oxygen atoms in total. The van der Waals surface area contributed by atoms with E-state index in [-0.39, 0.29) is 11.7 Å². The van der Waals surface area contributed by atoms with E-state index in [4.69, 9.17) is 40.6 Å². The molecule has 1 spiro atoms. The molecule has 1 aromatic rings. The largest absolute Gasteiger partial charge is 0.456 e. The van der Waals surface area contributed by atoms with Gasteiger partial charge in [0.1, 0.15) is 24.6 Å². The van der Waals surface area contributed by atoms with Crippen LogP contribution in [0.2, 0.25) is 0 Å². The number of thiocarbonyl (C=S) groups is 1. The highest BCUT2D eigenvalue weighted by atomic mass is 32.1. The fourth-order valence-electron chi connectivity index (χ4n) is 8.67. The monoisotopic (exact) mass is 578 g/mol. The van der Waals surface area contributed by atoms with E-state index in [0.717, 1.165) is 0 Å². The predicted octanol–water partition coefficient (Wildman–Crippen LogP) is 0.237. The number of para-hydroxylation sites is 1. The van der Waals surface area contributed by atoms with Crippen LogP contribution in [0.15, 0.2) is 30.3 Å². The topological polar surface area (TPSA) is 167 Å². The Bertz CT molecular complexity index is 1280. The van der Waals surface area contributed by atoms with E-state index in [1.807, 2.05) is 0 Å². The van der Waals surface area contributed by atoms with Crippen LogP contribution in [0.5, 0.6) is 5.75 Å². The SMILES string of the molecule is C[C@@H]1C(=O)OC2[C@H](O)C34C5OC(=O)C3(OC(OC=O)C4(COC(=S)Oc3ccccc3)[C@H](C(C)(C)C)[C@H]5O)[C@]21O. The third-order valence-corrected chi connectivity index (χ3v) is 9.93. The summed E-state index contributed by atoms with van der Waals surface area (Å²) in [6, 6.07) is 8.55. The maximum atomic E-state index is 13.8. The van der Waals surface area contributed by atoms with Gasteiger partial charge >= 0.3 is 17.2 Å². The van der Waals surface area contributed by atoms with Gasteiger partial charge in [-0.3, -0.25) is 9.59 Å². The van der Waals surface area contributed by atoms with Crippen LogP contribution in [0.3, 0.4) is 0 Å². The Hall–Kier alpha value is -2.84. The molecule has 0 radical (unpaired) electrons. The molecule has 5 fully saturated rings. The first-order valence-electron chi connectivity index (χ1n) is 12.9. The Morgan fingerprint density at radius 3 is 2.42 bits per heavy atom. The fraction of sp³-hybridized carbons (Fsp3) is 0.630. The molecule has 6 unspecified atom stereocenters. The van der Waals surface area contributed by atoms with Crippen molar-refractivity contribution in [2.24, 2.45) is 28.1 Å². The molecule has 3 heterocycles. The Morgan fingerprint density at radius 1 is 1.12 bits per heavy atom. The van der Waals surface area contributed by atoms with E-state index < -0.39 is 88.5 Å². The number of rotatable bonds is 5. The van der Waals surface area contributed by atoms with Crippen LogP contribution < -0.4 is 4.74 Å². The minimum Gasteiger partial charge on any atom is -0.456 e. The van der Waals surface area contributed by atoms with Crippen LogP contribution in [-0.2, 0) is 38.1 Å². The number of carbonyl (C=O) groups is 3. The van der Waals surface area contributed by atoms with Gasteiger partial charge in [0.15, 0.2) is 11.7 Å². The molecule has 2 aliphatic carbocycles. The molecule has 3 N–H and O–H groups in total. The molecule has 6 rings (SSSR count). The molecule has 0 amide bonds. The quantitative estimate of drug-likeness (QED) is 0.188. The van der Waals surface area contributed by atoms with Crippen molar-refractivity contribution in [2.75, 3.05) is 6.61 Å². The zero-order chi connectivity index (χ0) is 29.0. The molecule has 216 valence electrons. The van der Waals surface area contributed by atoms with Crippen molar-refractivity contribution in [3.05, 3.63) is 30.3 Å². The molecule has 11 atom stereocenters. The maximum absolute atomic E-state index is 13.8. The van der Waals surface area contributed by atoms with Gasteiger partial charge < -0.3 is 43.7 Å². The summed E-state index contributed by atoms with van der Waals surface area (Å²) in [6.45, 7) is 6.37. The number of fused-ring (bicyclic) bond motifs is 1. The summed E-state index contributed by atoms with van der Waals surface area (Å²) in [5, 5.41) is 35.7. The minimum atomic E-state index is -2.47. The van der Waals surface area contributed by atoms with Crippen LogP contribution in [0.4, 0.5) is 0 Å². The summed E-state index contributed by atoms with van der Waals surface area (Å²) < 4.78 is 34.4. The number of aliphatic hydroxyl groups is 3. The maximum Gasteiger partial charge on any atom is 0.357 e. The lowest BCUT2D eigenvalue weighted by Gasteiger charge is -2.48. The molecule has 0 aromatic heterocycles. The number of hydrogen-bond acceptors (Lipinski definition) is 13. The van der Waals surface area contributed by atoms with E-state index in [9.17, 15) is 29.7 Å². The number of aliphatic hydroxyl groups excluding tert-OH is 2. The molecule has 2 saturated carbocycles. The van der Waals surface area contributed by atoms with E-state index in [2.05, 4.69) is 0 Å². The van der Waals surface area contributed by atoms with Gasteiger partial charge in [-0.25, -0.2) is 4.79 Å². The van der Waals surface area contributed by atoms with Crippen LogP contribution in [0, 0.1) is 28.1 Å². The van der Waals surface area contributed by atoms with E-state index in [1.54, 1.807) is 51.1 Å². The highest BCUT2D eigenvalue weighted by Crippen LogP contribution is 2.82. The highest BCUT2D eigenvalue weighted by Gasteiger charge is 3.03. The third kappa shape index (κ3) is 2.75. The van der Waals surface area contributed by atoms with Crippen molar-refractivity contribution < 1.29 is 58.1 Å². The second-order valence-electron chi connectivity index (χ2n) is 12.2. The Labute approximate surface area is 234 Å².